The van der Waals surface area contributed by atoms with Gasteiger partial charge in [-0.3, -0.25) is 0 Å². The van der Waals surface area contributed by atoms with Crippen LogP contribution in [0.25, 0.3) is 0 Å². The van der Waals surface area contributed by atoms with Gasteiger partial charge in [0.05, 0.1) is 18.1 Å². The first kappa shape index (κ1) is 17.0. The fourth-order valence-corrected chi connectivity index (χ4v) is 5.58. The number of anilines is 1. The quantitative estimate of drug-likeness (QED) is 0.904. The Hall–Kier alpha value is -2.14. The fourth-order valence-electron chi connectivity index (χ4n) is 5.58. The van der Waals surface area contributed by atoms with Gasteiger partial charge in [-0.25, -0.2) is 9.97 Å². The van der Waals surface area contributed by atoms with Crippen LogP contribution >= 0.6 is 0 Å². The van der Waals surface area contributed by atoms with Gasteiger partial charge in [-0.05, 0) is 62.7 Å². The number of piperidine rings is 1. The van der Waals surface area contributed by atoms with E-state index in [0.29, 0.717) is 17.1 Å². The molecule has 142 valence electrons. The molecule has 0 amide bonds. The maximum absolute atomic E-state index is 10.1. The Morgan fingerprint density at radius 1 is 1.00 bits per heavy atom. The number of phenolic OH excluding ortho intramolecular Hbond substituents is 1. The van der Waals surface area contributed by atoms with Crippen molar-refractivity contribution in [3.63, 3.8) is 0 Å². The number of hydrogen-bond acceptors (Lipinski definition) is 5. The Morgan fingerprint density at radius 3 is 2.48 bits per heavy atom. The Bertz CT molecular complexity index is 782. The van der Waals surface area contributed by atoms with Crippen LogP contribution in [0, 0.1) is 5.41 Å². The third kappa shape index (κ3) is 3.18. The molecule has 3 aliphatic rings. The number of rotatable bonds is 3. The molecule has 1 unspecified atom stereocenters. The summed E-state index contributed by atoms with van der Waals surface area (Å²) >= 11 is 0. The molecule has 1 aromatic carbocycles. The monoisotopic (exact) mass is 364 g/mol. The van der Waals surface area contributed by atoms with Crippen molar-refractivity contribution in [3.05, 3.63) is 48.5 Å². The molecule has 3 heterocycles. The first-order chi connectivity index (χ1) is 13.2. The summed E-state index contributed by atoms with van der Waals surface area (Å²) in [5, 5.41) is 10.1. The molecule has 1 N–H and O–H groups in total. The first-order valence-corrected chi connectivity index (χ1v) is 10.2. The Labute approximate surface area is 161 Å². The topological polar surface area (TPSA) is 52.5 Å². The molecule has 5 nitrogen and oxygen atoms in total. The van der Waals surface area contributed by atoms with E-state index in [1.165, 1.54) is 19.3 Å². The lowest BCUT2D eigenvalue weighted by Crippen LogP contribution is -2.56. The average Bonchev–Trinajstić information content (AvgIpc) is 3.14. The number of hydrogen-bond donors (Lipinski definition) is 1. The molecular formula is C22H28N4O. The number of likely N-dealkylation sites (tertiary alicyclic amines) is 1. The summed E-state index contributed by atoms with van der Waals surface area (Å²) < 4.78 is 0. The van der Waals surface area contributed by atoms with Crippen molar-refractivity contribution >= 4 is 5.69 Å². The van der Waals surface area contributed by atoms with Crippen LogP contribution in [0.3, 0.4) is 0 Å². The molecule has 2 aliphatic heterocycles. The zero-order chi connectivity index (χ0) is 18.3. The van der Waals surface area contributed by atoms with E-state index in [9.17, 15) is 5.11 Å². The van der Waals surface area contributed by atoms with Crippen LogP contribution in [0.1, 0.15) is 43.6 Å². The summed E-state index contributed by atoms with van der Waals surface area (Å²) in [7, 11) is 0. The fraction of sp³-hybridized carbons (Fsp3) is 0.545. The minimum Gasteiger partial charge on any atom is -0.508 e. The van der Waals surface area contributed by atoms with E-state index in [2.05, 4.69) is 25.8 Å². The van der Waals surface area contributed by atoms with Gasteiger partial charge in [0.25, 0.3) is 0 Å². The number of para-hydroxylation sites is 1. The molecule has 0 bridgehead atoms. The molecule has 2 saturated heterocycles. The van der Waals surface area contributed by atoms with Crippen molar-refractivity contribution in [1.29, 1.82) is 0 Å². The smallest absolute Gasteiger partial charge is 0.119 e. The van der Waals surface area contributed by atoms with Crippen molar-refractivity contribution < 1.29 is 5.11 Å². The highest BCUT2D eigenvalue weighted by Crippen LogP contribution is 2.49. The van der Waals surface area contributed by atoms with Crippen LogP contribution in [0.2, 0.25) is 0 Å². The van der Waals surface area contributed by atoms with E-state index < -0.39 is 0 Å². The van der Waals surface area contributed by atoms with Crippen LogP contribution < -0.4 is 4.90 Å². The number of phenols is 1. The second kappa shape index (κ2) is 6.79. The second-order valence-corrected chi connectivity index (χ2v) is 8.72. The predicted molar refractivity (Wildman–Crippen MR) is 106 cm³/mol. The minimum atomic E-state index is 0.468. The van der Waals surface area contributed by atoms with Crippen molar-refractivity contribution in [2.75, 3.05) is 31.1 Å². The summed E-state index contributed by atoms with van der Waals surface area (Å²) in [6, 6.07) is 8.61. The van der Waals surface area contributed by atoms with Gasteiger partial charge >= 0.3 is 0 Å². The zero-order valence-corrected chi connectivity index (χ0v) is 15.8. The molecule has 1 atom stereocenters. The van der Waals surface area contributed by atoms with E-state index >= 15 is 0 Å². The normalized spacial score (nSPS) is 25.6. The maximum atomic E-state index is 10.1. The Balaban J connectivity index is 1.15. The van der Waals surface area contributed by atoms with Crippen molar-refractivity contribution in [2.24, 2.45) is 5.41 Å². The number of nitrogens with zero attached hydrogens (tertiary/aromatic N) is 4. The van der Waals surface area contributed by atoms with Gasteiger partial charge in [-0.2, -0.15) is 0 Å². The molecule has 5 rings (SSSR count). The van der Waals surface area contributed by atoms with Gasteiger partial charge in [0.15, 0.2) is 0 Å². The lowest BCUT2D eigenvalue weighted by Gasteiger charge is -2.50. The third-order valence-electron chi connectivity index (χ3n) is 7.06. The van der Waals surface area contributed by atoms with E-state index in [4.69, 9.17) is 0 Å². The molecule has 2 aromatic rings. The van der Waals surface area contributed by atoms with Crippen LogP contribution in [0.4, 0.5) is 5.69 Å². The van der Waals surface area contributed by atoms with Crippen molar-refractivity contribution in [3.8, 4) is 5.75 Å². The van der Waals surface area contributed by atoms with E-state index in [1.807, 2.05) is 30.6 Å². The highest BCUT2D eigenvalue weighted by atomic mass is 16.3. The standard InChI is InChI=1S/C22H28N4O/c27-21-4-2-1-3-20(21)17-6-9-25(10-7-17)18-5-8-22(11-18)14-26(15-22)19-12-23-16-24-13-19/h1-4,12-13,16-18,27H,5-11,14-15H2. The summed E-state index contributed by atoms with van der Waals surface area (Å²) in [6.07, 6.45) is 11.8. The largest absolute Gasteiger partial charge is 0.508 e. The lowest BCUT2D eigenvalue weighted by atomic mass is 9.77. The highest BCUT2D eigenvalue weighted by Gasteiger charge is 2.49. The average molecular weight is 364 g/mol. The van der Waals surface area contributed by atoms with Crippen molar-refractivity contribution in [2.45, 2.75) is 44.1 Å². The van der Waals surface area contributed by atoms with Crippen LogP contribution in [-0.4, -0.2) is 52.2 Å². The predicted octanol–water partition coefficient (Wildman–Crippen LogP) is 3.42. The Morgan fingerprint density at radius 2 is 1.74 bits per heavy atom. The van der Waals surface area contributed by atoms with Gasteiger partial charge in [0, 0.05) is 24.5 Å². The van der Waals surface area contributed by atoms with E-state index in [-0.39, 0.29) is 0 Å². The summed E-state index contributed by atoms with van der Waals surface area (Å²) in [4.78, 5) is 13.4. The van der Waals surface area contributed by atoms with Gasteiger partial charge in [0.2, 0.25) is 0 Å². The van der Waals surface area contributed by atoms with Crippen LogP contribution in [0.5, 0.6) is 5.75 Å². The SMILES string of the molecule is Oc1ccccc1C1CCN(C2CCC3(C2)CN(c2cncnc2)C3)CC1. The molecule has 1 aromatic heterocycles. The van der Waals surface area contributed by atoms with Gasteiger partial charge < -0.3 is 14.9 Å². The Kier molecular flexibility index (Phi) is 4.27. The van der Waals surface area contributed by atoms with E-state index in [1.54, 1.807) is 6.33 Å². The molecule has 1 spiro atoms. The molecule has 1 saturated carbocycles. The van der Waals surface area contributed by atoms with Crippen LogP contribution in [-0.2, 0) is 0 Å². The van der Waals surface area contributed by atoms with E-state index in [0.717, 1.165) is 56.3 Å². The molecular weight excluding hydrogens is 336 g/mol. The van der Waals surface area contributed by atoms with Gasteiger partial charge in [-0.15, -0.1) is 0 Å². The molecule has 1 aliphatic carbocycles. The molecule has 0 radical (unpaired) electrons. The number of aromatic hydroxyl groups is 1. The maximum Gasteiger partial charge on any atom is 0.119 e. The molecule has 27 heavy (non-hydrogen) atoms. The number of benzene rings is 1. The summed E-state index contributed by atoms with van der Waals surface area (Å²) in [6.45, 7) is 4.64. The number of aromatic nitrogens is 2. The van der Waals surface area contributed by atoms with Gasteiger partial charge in [0.1, 0.15) is 12.1 Å². The molecule has 3 fully saturated rings. The second-order valence-electron chi connectivity index (χ2n) is 8.72. The van der Waals surface area contributed by atoms with Crippen LogP contribution in [0.15, 0.2) is 43.0 Å². The lowest BCUT2D eigenvalue weighted by molar-refractivity contribution is 0.131. The zero-order valence-electron chi connectivity index (χ0n) is 15.8. The highest BCUT2D eigenvalue weighted by molar-refractivity contribution is 5.46. The van der Waals surface area contributed by atoms with Gasteiger partial charge in [-0.1, -0.05) is 18.2 Å². The summed E-state index contributed by atoms with van der Waals surface area (Å²) in [5.41, 5.74) is 2.81. The summed E-state index contributed by atoms with van der Waals surface area (Å²) in [5.74, 6) is 0.977. The first-order valence-electron chi connectivity index (χ1n) is 10.2. The minimum absolute atomic E-state index is 0.468. The van der Waals surface area contributed by atoms with Crippen molar-refractivity contribution in [1.82, 2.24) is 14.9 Å². The third-order valence-corrected chi connectivity index (χ3v) is 7.06. The molecule has 5 heteroatoms.